The van der Waals surface area contributed by atoms with Gasteiger partial charge in [-0.1, -0.05) is 0 Å². The lowest BCUT2D eigenvalue weighted by Crippen LogP contribution is -2.34. The molecule has 7 heteroatoms. The average molecular weight is 266 g/mol. The molecule has 0 aromatic carbocycles. The minimum absolute atomic E-state index is 0.234. The molecule has 1 rings (SSSR count). The summed E-state index contributed by atoms with van der Waals surface area (Å²) in [6, 6.07) is -0.300. The molecule has 0 aliphatic heterocycles. The van der Waals surface area contributed by atoms with Gasteiger partial charge in [-0.2, -0.15) is 5.10 Å². The van der Waals surface area contributed by atoms with Crippen molar-refractivity contribution >= 4 is 21.6 Å². The highest BCUT2D eigenvalue weighted by Gasteiger charge is 2.24. The lowest BCUT2D eigenvalue weighted by atomic mass is 10.4. The van der Waals surface area contributed by atoms with Gasteiger partial charge in [-0.25, -0.2) is 13.1 Å². The molecule has 0 saturated carbocycles. The number of hydrogen-bond acceptors (Lipinski definition) is 3. The molecule has 0 aliphatic rings. The van der Waals surface area contributed by atoms with Crippen LogP contribution in [0.5, 0.6) is 0 Å². The zero-order valence-corrected chi connectivity index (χ0v) is 11.4. The molecule has 1 N–H and O–H groups in total. The van der Waals surface area contributed by atoms with Gasteiger partial charge in [0.05, 0.1) is 11.4 Å². The van der Waals surface area contributed by atoms with Crippen LogP contribution in [0.3, 0.4) is 0 Å². The largest absolute Gasteiger partial charge is 0.271 e. The van der Waals surface area contributed by atoms with Gasteiger partial charge >= 0.3 is 0 Å². The van der Waals surface area contributed by atoms with E-state index in [0.717, 1.165) is 0 Å². The summed E-state index contributed by atoms with van der Waals surface area (Å²) in [7, 11) is -1.82. The predicted octanol–water partition coefficient (Wildman–Crippen LogP) is 0.943. The van der Waals surface area contributed by atoms with Crippen molar-refractivity contribution in [2.24, 2.45) is 7.05 Å². The quantitative estimate of drug-likeness (QED) is 0.825. The van der Waals surface area contributed by atoms with Crippen molar-refractivity contribution < 1.29 is 8.42 Å². The summed E-state index contributed by atoms with van der Waals surface area (Å²) in [5, 5.41) is 4.07. The number of nitrogens with zero attached hydrogens (tertiary/aromatic N) is 2. The summed E-state index contributed by atoms with van der Waals surface area (Å²) in [6.07, 6.45) is 0. The summed E-state index contributed by atoms with van der Waals surface area (Å²) in [5.74, 6) is 0.234. The first kappa shape index (κ1) is 13.5. The van der Waals surface area contributed by atoms with Gasteiger partial charge in [0.2, 0.25) is 10.0 Å². The summed E-state index contributed by atoms with van der Waals surface area (Å²) in [6.45, 7) is 5.11. The third-order valence-corrected chi connectivity index (χ3v) is 4.60. The first-order chi connectivity index (χ1) is 7.29. The Morgan fingerprint density at radius 2 is 2.06 bits per heavy atom. The number of rotatable bonds is 4. The van der Waals surface area contributed by atoms with E-state index in [-0.39, 0.29) is 16.8 Å². The fourth-order valence-corrected chi connectivity index (χ4v) is 3.35. The van der Waals surface area contributed by atoms with Gasteiger partial charge in [-0.3, -0.25) is 4.68 Å². The van der Waals surface area contributed by atoms with Gasteiger partial charge in [0, 0.05) is 19.0 Å². The zero-order chi connectivity index (χ0) is 12.5. The number of nitrogens with one attached hydrogen (secondary N) is 1. The minimum Gasteiger partial charge on any atom is -0.271 e. The van der Waals surface area contributed by atoms with Crippen LogP contribution in [0.15, 0.2) is 4.90 Å². The molecule has 16 heavy (non-hydrogen) atoms. The summed E-state index contributed by atoms with van der Waals surface area (Å²) < 4.78 is 28.1. The molecule has 1 aromatic rings. The third-order valence-electron chi connectivity index (χ3n) is 2.30. The Morgan fingerprint density at radius 3 is 2.44 bits per heavy atom. The maximum Gasteiger partial charge on any atom is 0.244 e. The molecule has 1 heterocycles. The maximum absolute atomic E-state index is 12.0. The lowest BCUT2D eigenvalue weighted by Gasteiger charge is -2.11. The smallest absolute Gasteiger partial charge is 0.244 e. The van der Waals surface area contributed by atoms with E-state index in [9.17, 15) is 8.42 Å². The Balaban J connectivity index is 3.17. The Labute approximate surface area is 101 Å². The van der Waals surface area contributed by atoms with Crippen LogP contribution in [0.25, 0.3) is 0 Å². The van der Waals surface area contributed by atoms with Crippen LogP contribution in [-0.2, 0) is 17.1 Å². The van der Waals surface area contributed by atoms with Gasteiger partial charge in [0.1, 0.15) is 4.90 Å². The zero-order valence-electron chi connectivity index (χ0n) is 9.78. The van der Waals surface area contributed by atoms with Crippen molar-refractivity contribution in [2.45, 2.75) is 31.7 Å². The van der Waals surface area contributed by atoms with E-state index in [1.165, 1.54) is 0 Å². The second-order valence-corrected chi connectivity index (χ2v) is 5.76. The maximum atomic E-state index is 12.0. The molecule has 1 unspecified atom stereocenters. The Kier molecular flexibility index (Phi) is 3.98. The molecule has 0 spiro atoms. The Morgan fingerprint density at radius 1 is 1.50 bits per heavy atom. The topological polar surface area (TPSA) is 64.0 Å². The van der Waals surface area contributed by atoms with E-state index in [1.54, 1.807) is 32.5 Å². The van der Waals surface area contributed by atoms with Gasteiger partial charge < -0.3 is 0 Å². The summed E-state index contributed by atoms with van der Waals surface area (Å²) in [5.41, 5.74) is 1.11. The van der Waals surface area contributed by atoms with Crippen LogP contribution in [0.2, 0.25) is 0 Å². The molecule has 0 saturated heterocycles. The lowest BCUT2D eigenvalue weighted by molar-refractivity contribution is 0.569. The molecule has 0 aliphatic carbocycles. The van der Waals surface area contributed by atoms with Crippen LogP contribution in [0.1, 0.15) is 18.3 Å². The van der Waals surface area contributed by atoms with Crippen LogP contribution in [0, 0.1) is 13.8 Å². The first-order valence-corrected chi connectivity index (χ1v) is 6.90. The van der Waals surface area contributed by atoms with E-state index in [1.807, 2.05) is 0 Å². The highest BCUT2D eigenvalue weighted by atomic mass is 35.5. The summed E-state index contributed by atoms with van der Waals surface area (Å²) in [4.78, 5) is 0.243. The number of aryl methyl sites for hydroxylation is 2. The van der Waals surface area contributed by atoms with Crippen LogP contribution in [0.4, 0.5) is 0 Å². The van der Waals surface area contributed by atoms with Crippen molar-refractivity contribution in [3.63, 3.8) is 0 Å². The van der Waals surface area contributed by atoms with Crippen molar-refractivity contribution in [3.8, 4) is 0 Å². The molecule has 1 aromatic heterocycles. The molecule has 0 bridgehead atoms. The van der Waals surface area contributed by atoms with Gasteiger partial charge in [0.25, 0.3) is 0 Å². The van der Waals surface area contributed by atoms with Crippen LogP contribution in [-0.4, -0.2) is 30.1 Å². The third kappa shape index (κ3) is 2.56. The normalized spacial score (nSPS) is 14.1. The van der Waals surface area contributed by atoms with E-state index in [0.29, 0.717) is 11.4 Å². The van der Waals surface area contributed by atoms with Crippen molar-refractivity contribution in [2.75, 3.05) is 5.88 Å². The van der Waals surface area contributed by atoms with Crippen molar-refractivity contribution in [1.29, 1.82) is 0 Å². The van der Waals surface area contributed by atoms with Gasteiger partial charge in [-0.15, -0.1) is 11.6 Å². The molecule has 0 radical (unpaired) electrons. The summed E-state index contributed by atoms with van der Waals surface area (Å²) >= 11 is 5.58. The standard InChI is InChI=1S/C9H16ClN3O2S/c1-6(5-10)12-16(14,15)9-7(2)11-13(4)8(9)3/h6,12H,5H2,1-4H3. The molecule has 92 valence electrons. The molecular weight excluding hydrogens is 250 g/mol. The van der Waals surface area contributed by atoms with E-state index >= 15 is 0 Å². The fraction of sp³-hybridized carbons (Fsp3) is 0.667. The Hall–Kier alpha value is -0.590. The van der Waals surface area contributed by atoms with Crippen LogP contribution < -0.4 is 4.72 Å². The monoisotopic (exact) mass is 265 g/mol. The highest BCUT2D eigenvalue weighted by molar-refractivity contribution is 7.89. The van der Waals surface area contributed by atoms with Crippen molar-refractivity contribution in [1.82, 2.24) is 14.5 Å². The van der Waals surface area contributed by atoms with E-state index in [4.69, 9.17) is 11.6 Å². The number of hydrogen-bond donors (Lipinski definition) is 1. The van der Waals surface area contributed by atoms with E-state index < -0.39 is 10.0 Å². The predicted molar refractivity (Wildman–Crippen MR) is 63.2 cm³/mol. The molecular formula is C9H16ClN3O2S. The molecule has 0 fully saturated rings. The van der Waals surface area contributed by atoms with Gasteiger partial charge in [-0.05, 0) is 20.8 Å². The highest BCUT2D eigenvalue weighted by Crippen LogP contribution is 2.18. The molecule has 1 atom stereocenters. The molecule has 5 nitrogen and oxygen atoms in total. The average Bonchev–Trinajstić information content (AvgIpc) is 2.40. The second-order valence-electron chi connectivity index (χ2n) is 3.80. The SMILES string of the molecule is Cc1nn(C)c(C)c1S(=O)(=O)NC(C)CCl. The number of alkyl halides is 1. The fourth-order valence-electron chi connectivity index (χ4n) is 1.50. The Bertz CT molecular complexity index is 481. The number of halogens is 1. The van der Waals surface area contributed by atoms with Gasteiger partial charge in [0.15, 0.2) is 0 Å². The number of sulfonamides is 1. The van der Waals surface area contributed by atoms with Crippen LogP contribution >= 0.6 is 11.6 Å². The minimum atomic E-state index is -3.53. The first-order valence-electron chi connectivity index (χ1n) is 4.88. The van der Waals surface area contributed by atoms with E-state index in [2.05, 4.69) is 9.82 Å². The molecule has 0 amide bonds. The second kappa shape index (κ2) is 4.73. The number of aromatic nitrogens is 2. The van der Waals surface area contributed by atoms with Crippen molar-refractivity contribution in [3.05, 3.63) is 11.4 Å².